The molecule has 4 rings (SSSR count). The number of hydrazone groups is 1. The smallest absolute Gasteiger partial charge is 0.354 e. The SMILES string of the molecule is CCOC(=O)C1=NN(c2ccccc2)C(C(=O)Nc2ccccc2-n2ccnc2)C1. The molecule has 0 saturated carbocycles. The van der Waals surface area contributed by atoms with Crippen LogP contribution in [0.15, 0.2) is 78.4 Å². The van der Waals surface area contributed by atoms with E-state index in [1.54, 1.807) is 30.7 Å². The molecule has 8 heteroatoms. The van der Waals surface area contributed by atoms with Crippen LogP contribution in [0.4, 0.5) is 11.4 Å². The lowest BCUT2D eigenvalue weighted by Gasteiger charge is -2.23. The third-order valence-corrected chi connectivity index (χ3v) is 4.69. The summed E-state index contributed by atoms with van der Waals surface area (Å²) in [7, 11) is 0. The lowest BCUT2D eigenvalue weighted by molar-refractivity contribution is -0.135. The lowest BCUT2D eigenvalue weighted by atomic mass is 10.1. The molecule has 0 fully saturated rings. The van der Waals surface area contributed by atoms with E-state index >= 15 is 0 Å². The van der Waals surface area contributed by atoms with Gasteiger partial charge in [-0.2, -0.15) is 5.10 Å². The minimum Gasteiger partial charge on any atom is -0.461 e. The van der Waals surface area contributed by atoms with Crippen molar-refractivity contribution in [2.75, 3.05) is 16.9 Å². The number of rotatable bonds is 6. The number of nitrogens with one attached hydrogen (secondary N) is 1. The van der Waals surface area contributed by atoms with Crippen LogP contribution < -0.4 is 10.3 Å². The first-order chi connectivity index (χ1) is 14.7. The van der Waals surface area contributed by atoms with Crippen molar-refractivity contribution in [2.45, 2.75) is 19.4 Å². The minimum absolute atomic E-state index is 0.160. The Morgan fingerprint density at radius 2 is 1.90 bits per heavy atom. The summed E-state index contributed by atoms with van der Waals surface area (Å²) >= 11 is 0. The Morgan fingerprint density at radius 3 is 2.63 bits per heavy atom. The molecule has 152 valence electrons. The summed E-state index contributed by atoms with van der Waals surface area (Å²) in [5.41, 5.74) is 2.38. The van der Waals surface area contributed by atoms with Gasteiger partial charge < -0.3 is 14.6 Å². The van der Waals surface area contributed by atoms with Crippen molar-refractivity contribution in [3.8, 4) is 5.69 Å². The second-order valence-corrected chi connectivity index (χ2v) is 6.64. The van der Waals surface area contributed by atoms with Gasteiger partial charge in [-0.3, -0.25) is 9.80 Å². The molecule has 1 atom stereocenters. The fourth-order valence-corrected chi connectivity index (χ4v) is 3.29. The Bertz CT molecular complexity index is 1060. The van der Waals surface area contributed by atoms with Crippen LogP contribution in [0, 0.1) is 0 Å². The van der Waals surface area contributed by atoms with E-state index in [9.17, 15) is 9.59 Å². The van der Waals surface area contributed by atoms with Crippen molar-refractivity contribution in [1.82, 2.24) is 9.55 Å². The molecule has 2 aromatic carbocycles. The van der Waals surface area contributed by atoms with Gasteiger partial charge in [-0.1, -0.05) is 30.3 Å². The first kappa shape index (κ1) is 19.4. The molecule has 0 saturated heterocycles. The fourth-order valence-electron chi connectivity index (χ4n) is 3.29. The van der Waals surface area contributed by atoms with E-state index in [4.69, 9.17) is 4.74 Å². The molecule has 0 spiro atoms. The van der Waals surface area contributed by atoms with Gasteiger partial charge in [0.25, 0.3) is 0 Å². The highest BCUT2D eigenvalue weighted by atomic mass is 16.5. The molecular formula is C22H21N5O3. The summed E-state index contributed by atoms with van der Waals surface area (Å²) in [6, 6.07) is 16.1. The molecule has 0 aliphatic carbocycles. The van der Waals surface area contributed by atoms with Crippen LogP contribution >= 0.6 is 0 Å². The van der Waals surface area contributed by atoms with E-state index in [1.165, 1.54) is 0 Å². The number of aromatic nitrogens is 2. The molecule has 30 heavy (non-hydrogen) atoms. The first-order valence-electron chi connectivity index (χ1n) is 9.64. The molecular weight excluding hydrogens is 382 g/mol. The average Bonchev–Trinajstić information content (AvgIpc) is 3.45. The molecule has 1 aliphatic rings. The number of carbonyl (C=O) groups is 2. The third kappa shape index (κ3) is 3.93. The number of hydrogen-bond donors (Lipinski definition) is 1. The Labute approximate surface area is 173 Å². The van der Waals surface area contributed by atoms with Crippen LogP contribution in [0.1, 0.15) is 13.3 Å². The number of anilines is 2. The zero-order valence-corrected chi connectivity index (χ0v) is 16.4. The fraction of sp³-hybridized carbons (Fsp3) is 0.182. The van der Waals surface area contributed by atoms with Gasteiger partial charge in [-0.05, 0) is 31.2 Å². The normalized spacial score (nSPS) is 15.6. The molecule has 1 aromatic heterocycles. The Morgan fingerprint density at radius 1 is 1.13 bits per heavy atom. The maximum atomic E-state index is 13.2. The van der Waals surface area contributed by atoms with E-state index in [2.05, 4.69) is 15.4 Å². The van der Waals surface area contributed by atoms with Crippen LogP contribution in [0.5, 0.6) is 0 Å². The second-order valence-electron chi connectivity index (χ2n) is 6.64. The molecule has 1 unspecified atom stereocenters. The number of carbonyl (C=O) groups excluding carboxylic acids is 2. The topological polar surface area (TPSA) is 88.8 Å². The molecule has 1 amide bonds. The first-order valence-corrected chi connectivity index (χ1v) is 9.64. The zero-order chi connectivity index (χ0) is 20.9. The number of hydrogen-bond acceptors (Lipinski definition) is 6. The molecule has 1 N–H and O–H groups in total. The van der Waals surface area contributed by atoms with Crippen LogP contribution in [0.2, 0.25) is 0 Å². The number of para-hydroxylation sites is 3. The van der Waals surface area contributed by atoms with Crippen molar-refractivity contribution in [3.63, 3.8) is 0 Å². The predicted octanol–water partition coefficient (Wildman–Crippen LogP) is 3.01. The van der Waals surface area contributed by atoms with Crippen LogP contribution in [0.3, 0.4) is 0 Å². The van der Waals surface area contributed by atoms with Gasteiger partial charge in [0.2, 0.25) is 5.91 Å². The van der Waals surface area contributed by atoms with Gasteiger partial charge in [-0.25, -0.2) is 9.78 Å². The summed E-state index contributed by atoms with van der Waals surface area (Å²) in [5, 5.41) is 8.94. The van der Waals surface area contributed by atoms with Crippen molar-refractivity contribution < 1.29 is 14.3 Å². The number of benzene rings is 2. The van der Waals surface area contributed by atoms with Gasteiger partial charge in [0.1, 0.15) is 11.8 Å². The van der Waals surface area contributed by atoms with Crippen molar-refractivity contribution in [1.29, 1.82) is 0 Å². The van der Waals surface area contributed by atoms with Crippen LogP contribution in [-0.4, -0.2) is 39.8 Å². The van der Waals surface area contributed by atoms with Gasteiger partial charge >= 0.3 is 5.97 Å². The lowest BCUT2D eigenvalue weighted by Crippen LogP contribution is -2.39. The molecule has 0 radical (unpaired) electrons. The van der Waals surface area contributed by atoms with E-state index in [0.29, 0.717) is 5.69 Å². The second kappa shape index (κ2) is 8.60. The number of ether oxygens (including phenoxy) is 1. The van der Waals surface area contributed by atoms with Gasteiger partial charge in [0.05, 0.1) is 30.0 Å². The molecule has 3 aromatic rings. The van der Waals surface area contributed by atoms with Gasteiger partial charge in [0, 0.05) is 18.8 Å². The van der Waals surface area contributed by atoms with E-state index < -0.39 is 12.0 Å². The summed E-state index contributed by atoms with van der Waals surface area (Å²) < 4.78 is 6.91. The summed E-state index contributed by atoms with van der Waals surface area (Å²) in [6.07, 6.45) is 5.30. The Hall–Kier alpha value is -3.94. The van der Waals surface area contributed by atoms with Gasteiger partial charge in [0.15, 0.2) is 0 Å². The molecule has 1 aliphatic heterocycles. The monoisotopic (exact) mass is 403 g/mol. The zero-order valence-electron chi connectivity index (χ0n) is 16.4. The minimum atomic E-state index is -0.678. The number of imidazole rings is 1. The van der Waals surface area contributed by atoms with Crippen LogP contribution in [-0.2, 0) is 14.3 Å². The maximum Gasteiger partial charge on any atom is 0.354 e. The van der Waals surface area contributed by atoms with E-state index in [1.807, 2.05) is 59.2 Å². The Kier molecular flexibility index (Phi) is 5.56. The largest absolute Gasteiger partial charge is 0.461 e. The third-order valence-electron chi connectivity index (χ3n) is 4.69. The van der Waals surface area contributed by atoms with Gasteiger partial charge in [-0.15, -0.1) is 0 Å². The quantitative estimate of drug-likeness (QED) is 0.639. The number of amides is 1. The highest BCUT2D eigenvalue weighted by Gasteiger charge is 2.37. The highest BCUT2D eigenvalue weighted by molar-refractivity contribution is 6.38. The molecule has 0 bridgehead atoms. The summed E-state index contributed by atoms with van der Waals surface area (Å²) in [5.74, 6) is -0.776. The van der Waals surface area contributed by atoms with E-state index in [-0.39, 0.29) is 24.6 Å². The van der Waals surface area contributed by atoms with Crippen LogP contribution in [0.25, 0.3) is 5.69 Å². The van der Waals surface area contributed by atoms with E-state index in [0.717, 1.165) is 11.4 Å². The van der Waals surface area contributed by atoms with Crippen molar-refractivity contribution in [2.24, 2.45) is 5.10 Å². The summed E-state index contributed by atoms with van der Waals surface area (Å²) in [4.78, 5) is 29.5. The standard InChI is InChI=1S/C22H21N5O3/c1-2-30-22(29)18-14-20(27(25-18)16-8-4-3-5-9-16)21(28)24-17-10-6-7-11-19(17)26-13-12-23-15-26/h3-13,15,20H,2,14H2,1H3,(H,24,28). The van der Waals surface area contributed by atoms with Crippen molar-refractivity contribution in [3.05, 3.63) is 73.3 Å². The molecule has 2 heterocycles. The Balaban J connectivity index is 1.61. The summed E-state index contributed by atoms with van der Waals surface area (Å²) in [6.45, 7) is 1.98. The average molecular weight is 403 g/mol. The predicted molar refractivity (Wildman–Crippen MR) is 114 cm³/mol. The number of nitrogens with zero attached hydrogens (tertiary/aromatic N) is 4. The highest BCUT2D eigenvalue weighted by Crippen LogP contribution is 2.27. The molecule has 8 nitrogen and oxygen atoms in total. The van der Waals surface area contributed by atoms with Crippen molar-refractivity contribution >= 4 is 29.0 Å². The maximum absolute atomic E-state index is 13.2. The number of esters is 1.